The first-order chi connectivity index (χ1) is 15.5. The lowest BCUT2D eigenvalue weighted by atomic mass is 9.93. The third kappa shape index (κ3) is 4.61. The van der Waals surface area contributed by atoms with Crippen molar-refractivity contribution in [3.05, 3.63) is 34.8 Å². The zero-order chi connectivity index (χ0) is 22.2. The summed E-state index contributed by atoms with van der Waals surface area (Å²) in [7, 11) is 0. The van der Waals surface area contributed by atoms with E-state index in [-0.39, 0.29) is 24.2 Å². The molecule has 33 heavy (non-hydrogen) atoms. The van der Waals surface area contributed by atoms with Gasteiger partial charge >= 0.3 is 0 Å². The minimum absolute atomic E-state index is 0. The predicted octanol–water partition coefficient (Wildman–Crippen LogP) is 4.24. The number of amides is 1. The Hall–Kier alpha value is -2.16. The van der Waals surface area contributed by atoms with Gasteiger partial charge in [-0.2, -0.15) is 14.8 Å². The molecule has 2 aliphatic rings. The minimum atomic E-state index is 0. The fraction of sp³-hybridized carbons (Fsp3) is 0.565. The van der Waals surface area contributed by atoms with Crippen LogP contribution in [0, 0.1) is 0 Å². The zero-order valence-corrected chi connectivity index (χ0v) is 20.6. The summed E-state index contributed by atoms with van der Waals surface area (Å²) < 4.78 is 7.39. The normalized spacial score (nSPS) is 18.6. The third-order valence-corrected chi connectivity index (χ3v) is 7.30. The lowest BCUT2D eigenvalue weighted by Gasteiger charge is -2.41. The molecule has 0 radical (unpaired) electrons. The number of hydrogen-bond acceptors (Lipinski definition) is 6. The van der Waals surface area contributed by atoms with Crippen molar-refractivity contribution >= 4 is 40.8 Å². The predicted molar refractivity (Wildman–Crippen MR) is 129 cm³/mol. The SMILES string of the molecule is CCc1nn(-c2noc(C3CCN(C4CCN(C(C)=O)CC4)CC3)n2)c2c(Cl)cccc12.Cl. The number of fused-ring (bicyclic) bond motifs is 1. The second-order valence-corrected chi connectivity index (χ2v) is 9.24. The molecule has 2 saturated heterocycles. The summed E-state index contributed by atoms with van der Waals surface area (Å²) in [5, 5.41) is 10.6. The van der Waals surface area contributed by atoms with Crippen molar-refractivity contribution in [2.75, 3.05) is 26.2 Å². The quantitative estimate of drug-likeness (QED) is 0.541. The first kappa shape index (κ1) is 24.0. The number of likely N-dealkylation sites (tertiary alicyclic amines) is 2. The van der Waals surface area contributed by atoms with Gasteiger partial charge in [0, 0.05) is 37.4 Å². The molecule has 0 spiro atoms. The molecule has 0 bridgehead atoms. The molecule has 0 saturated carbocycles. The van der Waals surface area contributed by atoms with Gasteiger partial charge in [0.25, 0.3) is 5.95 Å². The number of rotatable bonds is 4. The first-order valence-electron chi connectivity index (χ1n) is 11.5. The van der Waals surface area contributed by atoms with Gasteiger partial charge in [-0.25, -0.2) is 0 Å². The van der Waals surface area contributed by atoms with Crippen molar-refractivity contribution in [2.45, 2.75) is 57.9 Å². The summed E-state index contributed by atoms with van der Waals surface area (Å²) in [6, 6.07) is 6.39. The number of carbonyl (C=O) groups excluding carboxylic acids is 1. The number of hydrogen-bond donors (Lipinski definition) is 0. The highest BCUT2D eigenvalue weighted by atomic mass is 35.5. The Labute approximate surface area is 204 Å². The van der Waals surface area contributed by atoms with Gasteiger partial charge in [0.15, 0.2) is 0 Å². The summed E-state index contributed by atoms with van der Waals surface area (Å²) in [5.74, 6) is 1.57. The molecule has 1 aromatic carbocycles. The van der Waals surface area contributed by atoms with E-state index in [0.717, 1.165) is 74.9 Å². The average Bonchev–Trinajstić information content (AvgIpc) is 3.45. The van der Waals surface area contributed by atoms with Crippen LogP contribution in [0.15, 0.2) is 22.7 Å². The van der Waals surface area contributed by atoms with Gasteiger partial charge < -0.3 is 14.3 Å². The maximum absolute atomic E-state index is 11.6. The van der Waals surface area contributed by atoms with Crippen LogP contribution in [0.3, 0.4) is 0 Å². The maximum atomic E-state index is 11.6. The molecule has 0 aliphatic carbocycles. The second-order valence-electron chi connectivity index (χ2n) is 8.83. The first-order valence-corrected chi connectivity index (χ1v) is 11.9. The fourth-order valence-corrected chi connectivity index (χ4v) is 5.38. The van der Waals surface area contributed by atoms with Crippen molar-refractivity contribution in [1.29, 1.82) is 0 Å². The molecular formula is C23H30Cl2N6O2. The lowest BCUT2D eigenvalue weighted by molar-refractivity contribution is -0.130. The number of benzene rings is 1. The van der Waals surface area contributed by atoms with Gasteiger partial charge in [-0.15, -0.1) is 12.4 Å². The summed E-state index contributed by atoms with van der Waals surface area (Å²) in [6.07, 6.45) is 4.91. The molecule has 0 N–H and O–H groups in total. The molecule has 2 aliphatic heterocycles. The minimum Gasteiger partial charge on any atom is -0.343 e. The molecule has 2 fully saturated rings. The van der Waals surface area contributed by atoms with E-state index in [1.54, 1.807) is 11.6 Å². The van der Waals surface area contributed by atoms with Crippen molar-refractivity contribution in [2.24, 2.45) is 0 Å². The zero-order valence-electron chi connectivity index (χ0n) is 19.0. The number of aryl methyl sites for hydroxylation is 1. The van der Waals surface area contributed by atoms with E-state index >= 15 is 0 Å². The number of nitrogens with zero attached hydrogens (tertiary/aromatic N) is 6. The maximum Gasteiger partial charge on any atom is 0.291 e. The molecule has 2 aromatic heterocycles. The van der Waals surface area contributed by atoms with Gasteiger partial charge in [-0.05, 0) is 56.4 Å². The van der Waals surface area contributed by atoms with Crippen LogP contribution in [0.4, 0.5) is 0 Å². The average molecular weight is 493 g/mol. The van der Waals surface area contributed by atoms with E-state index in [0.29, 0.717) is 22.9 Å². The van der Waals surface area contributed by atoms with E-state index < -0.39 is 0 Å². The molecule has 178 valence electrons. The highest BCUT2D eigenvalue weighted by Gasteiger charge is 2.31. The molecule has 8 nitrogen and oxygen atoms in total. The van der Waals surface area contributed by atoms with Crippen LogP contribution < -0.4 is 0 Å². The summed E-state index contributed by atoms with van der Waals surface area (Å²) in [6.45, 7) is 7.51. The standard InChI is InChI=1S/C23H29ClN6O2.ClH/c1-3-20-18-5-4-6-19(24)21(18)30(26-20)23-25-22(32-27-23)16-7-11-29(12-8-16)17-9-13-28(14-10-17)15(2)31;/h4-6,16-17H,3,7-14H2,1-2H3;1H. The number of piperidine rings is 2. The Kier molecular flexibility index (Phi) is 7.26. The van der Waals surface area contributed by atoms with Crippen molar-refractivity contribution in [3.8, 4) is 5.95 Å². The van der Waals surface area contributed by atoms with Crippen LogP contribution in [-0.2, 0) is 11.2 Å². The van der Waals surface area contributed by atoms with Crippen LogP contribution in [0.1, 0.15) is 57.0 Å². The van der Waals surface area contributed by atoms with Crippen LogP contribution in [0.5, 0.6) is 0 Å². The van der Waals surface area contributed by atoms with Crippen molar-refractivity contribution in [3.63, 3.8) is 0 Å². The van der Waals surface area contributed by atoms with Crippen molar-refractivity contribution in [1.82, 2.24) is 29.7 Å². The van der Waals surface area contributed by atoms with Gasteiger partial charge in [0.05, 0.1) is 16.2 Å². The van der Waals surface area contributed by atoms with E-state index in [9.17, 15) is 4.79 Å². The third-order valence-electron chi connectivity index (χ3n) is 6.99. The highest BCUT2D eigenvalue weighted by Crippen LogP contribution is 2.32. The van der Waals surface area contributed by atoms with Gasteiger partial charge in [-0.3, -0.25) is 4.79 Å². The van der Waals surface area contributed by atoms with E-state index in [1.807, 2.05) is 23.1 Å². The number of para-hydroxylation sites is 1. The Bertz CT molecular complexity index is 1110. The lowest BCUT2D eigenvalue weighted by Crippen LogP contribution is -2.48. The Balaban J connectivity index is 0.00000259. The van der Waals surface area contributed by atoms with Crippen molar-refractivity contribution < 1.29 is 9.32 Å². The van der Waals surface area contributed by atoms with Crippen LogP contribution in [0.2, 0.25) is 5.02 Å². The van der Waals surface area contributed by atoms with Gasteiger partial charge in [0.2, 0.25) is 11.8 Å². The van der Waals surface area contributed by atoms with E-state index in [1.165, 1.54) is 0 Å². The number of aromatic nitrogens is 4. The topological polar surface area (TPSA) is 80.3 Å². The molecule has 10 heteroatoms. The Morgan fingerprint density at radius 2 is 1.88 bits per heavy atom. The summed E-state index contributed by atoms with van der Waals surface area (Å²) in [5.41, 5.74) is 1.79. The van der Waals surface area contributed by atoms with Crippen LogP contribution >= 0.6 is 24.0 Å². The van der Waals surface area contributed by atoms with Gasteiger partial charge in [-0.1, -0.05) is 30.7 Å². The van der Waals surface area contributed by atoms with Crippen LogP contribution in [-0.4, -0.2) is 67.8 Å². The smallest absolute Gasteiger partial charge is 0.291 e. The molecule has 0 unspecified atom stereocenters. The molecule has 1 amide bonds. The fourth-order valence-electron chi connectivity index (χ4n) is 5.13. The molecule has 3 aromatic rings. The molecule has 5 rings (SSSR count). The van der Waals surface area contributed by atoms with E-state index in [2.05, 4.69) is 17.0 Å². The second kappa shape index (κ2) is 9.99. The monoisotopic (exact) mass is 492 g/mol. The Morgan fingerprint density at radius 1 is 1.15 bits per heavy atom. The van der Waals surface area contributed by atoms with Crippen LogP contribution in [0.25, 0.3) is 16.9 Å². The summed E-state index contributed by atoms with van der Waals surface area (Å²) >= 11 is 6.48. The molecular weight excluding hydrogens is 463 g/mol. The summed E-state index contributed by atoms with van der Waals surface area (Å²) in [4.78, 5) is 20.8. The molecule has 0 atom stereocenters. The molecule has 4 heterocycles. The van der Waals surface area contributed by atoms with E-state index in [4.69, 9.17) is 26.2 Å². The number of halogens is 2. The highest BCUT2D eigenvalue weighted by molar-refractivity contribution is 6.35. The van der Waals surface area contributed by atoms with Gasteiger partial charge in [0.1, 0.15) is 0 Å². The Morgan fingerprint density at radius 3 is 2.55 bits per heavy atom. The largest absolute Gasteiger partial charge is 0.343 e. The number of carbonyl (C=O) groups is 1.